The smallest absolute Gasteiger partial charge is 0.277 e. The Morgan fingerprint density at radius 1 is 0.931 bits per heavy atom. The van der Waals surface area contributed by atoms with Crippen LogP contribution in [0, 0.1) is 0 Å². The lowest BCUT2D eigenvalue weighted by Crippen LogP contribution is -2.49. The predicted octanol–water partition coefficient (Wildman–Crippen LogP) is 2.83. The molecule has 2 fully saturated rings. The number of hydrogen-bond acceptors (Lipinski definition) is 7. The van der Waals surface area contributed by atoms with Crippen LogP contribution in [0.3, 0.4) is 0 Å². The summed E-state index contributed by atoms with van der Waals surface area (Å²) in [5, 5.41) is 5.41. The zero-order chi connectivity index (χ0) is 19.8. The van der Waals surface area contributed by atoms with Crippen LogP contribution in [0.2, 0.25) is 5.02 Å². The summed E-state index contributed by atoms with van der Waals surface area (Å²) in [6.07, 6.45) is 3.71. The molecule has 0 aliphatic carbocycles. The molecule has 0 atom stereocenters. The van der Waals surface area contributed by atoms with Gasteiger partial charge in [0.15, 0.2) is 5.69 Å². The number of rotatable bonds is 3. The number of nitrogens with zero attached hydrogens (tertiary/aromatic N) is 6. The maximum atomic E-state index is 13.2. The Labute approximate surface area is 173 Å². The summed E-state index contributed by atoms with van der Waals surface area (Å²) in [5.41, 5.74) is 1.78. The molecule has 8 nitrogen and oxygen atoms in total. The number of halogens is 1. The number of aromatic nitrogens is 3. The van der Waals surface area contributed by atoms with Crippen molar-refractivity contribution in [1.82, 2.24) is 20.0 Å². The van der Waals surface area contributed by atoms with E-state index in [1.807, 2.05) is 29.2 Å². The van der Waals surface area contributed by atoms with E-state index in [1.165, 1.54) is 6.33 Å². The Morgan fingerprint density at radius 2 is 1.66 bits per heavy atom. The molecule has 9 heteroatoms. The average molecular weight is 413 g/mol. The number of benzene rings is 1. The fraction of sp³-hybridized carbons (Fsp3) is 0.400. The van der Waals surface area contributed by atoms with Crippen molar-refractivity contribution in [1.29, 1.82) is 0 Å². The first-order chi connectivity index (χ1) is 14.2. The number of piperazine rings is 1. The van der Waals surface area contributed by atoms with E-state index >= 15 is 0 Å². The van der Waals surface area contributed by atoms with Gasteiger partial charge in [-0.25, -0.2) is 4.98 Å². The van der Waals surface area contributed by atoms with Crippen molar-refractivity contribution in [3.05, 3.63) is 41.3 Å². The van der Waals surface area contributed by atoms with Gasteiger partial charge in [0.25, 0.3) is 11.6 Å². The maximum Gasteiger partial charge on any atom is 0.277 e. The second-order valence-corrected chi connectivity index (χ2v) is 7.79. The van der Waals surface area contributed by atoms with Crippen molar-refractivity contribution < 1.29 is 9.32 Å². The topological polar surface area (TPSA) is 78.6 Å². The molecule has 2 aliphatic heterocycles. The first kappa shape index (κ1) is 18.2. The van der Waals surface area contributed by atoms with Crippen LogP contribution in [-0.2, 0) is 0 Å². The highest BCUT2D eigenvalue weighted by Crippen LogP contribution is 2.30. The number of carbonyl (C=O) groups is 1. The predicted molar refractivity (Wildman–Crippen MR) is 111 cm³/mol. The van der Waals surface area contributed by atoms with E-state index in [9.17, 15) is 4.79 Å². The lowest BCUT2D eigenvalue weighted by atomic mass is 10.2. The minimum Gasteiger partial charge on any atom is -0.368 e. The minimum absolute atomic E-state index is 0.130. The van der Waals surface area contributed by atoms with E-state index in [0.29, 0.717) is 29.9 Å². The van der Waals surface area contributed by atoms with Gasteiger partial charge in [-0.3, -0.25) is 4.79 Å². The SMILES string of the molecule is O=C(c1noc2ncnc(N3CCCC3)c12)N1CCN(c2ccc(Cl)cc2)CC1. The Hall–Kier alpha value is -2.87. The van der Waals surface area contributed by atoms with E-state index in [1.54, 1.807) is 0 Å². The van der Waals surface area contributed by atoms with Gasteiger partial charge in [-0.05, 0) is 37.1 Å². The molecule has 0 radical (unpaired) electrons. The molecule has 0 spiro atoms. The van der Waals surface area contributed by atoms with Crippen LogP contribution in [0.4, 0.5) is 11.5 Å². The third-order valence-corrected chi connectivity index (χ3v) is 5.87. The van der Waals surface area contributed by atoms with Crippen LogP contribution < -0.4 is 9.80 Å². The van der Waals surface area contributed by atoms with Crippen molar-refractivity contribution in [2.45, 2.75) is 12.8 Å². The zero-order valence-corrected chi connectivity index (χ0v) is 16.7. The lowest BCUT2D eigenvalue weighted by molar-refractivity contribution is 0.0738. The van der Waals surface area contributed by atoms with Crippen LogP contribution in [-0.4, -0.2) is 65.2 Å². The molecule has 3 aromatic rings. The number of anilines is 2. The molecule has 29 heavy (non-hydrogen) atoms. The van der Waals surface area contributed by atoms with Crippen molar-refractivity contribution in [3.63, 3.8) is 0 Å². The fourth-order valence-corrected chi connectivity index (χ4v) is 4.18. The summed E-state index contributed by atoms with van der Waals surface area (Å²) in [7, 11) is 0. The third kappa shape index (κ3) is 3.37. The standard InChI is InChI=1S/C20H21ClN6O2/c21-14-3-5-15(6-4-14)25-9-11-27(12-10-25)20(28)17-16-18(26-7-1-2-8-26)22-13-23-19(16)29-24-17/h3-6,13H,1-2,7-12H2. The molecular weight excluding hydrogens is 392 g/mol. The van der Waals surface area contributed by atoms with Crippen molar-refractivity contribution in [2.24, 2.45) is 0 Å². The van der Waals surface area contributed by atoms with E-state index in [0.717, 1.165) is 55.5 Å². The molecule has 0 unspecified atom stereocenters. The molecule has 150 valence electrons. The van der Waals surface area contributed by atoms with Gasteiger partial charge < -0.3 is 19.2 Å². The summed E-state index contributed by atoms with van der Waals surface area (Å²) >= 11 is 5.98. The second-order valence-electron chi connectivity index (χ2n) is 7.36. The van der Waals surface area contributed by atoms with E-state index < -0.39 is 0 Å². The van der Waals surface area contributed by atoms with Crippen molar-refractivity contribution >= 4 is 40.1 Å². The summed E-state index contributed by atoms with van der Waals surface area (Å²) in [4.78, 5) is 28.1. The third-order valence-electron chi connectivity index (χ3n) is 5.62. The van der Waals surface area contributed by atoms with E-state index in [-0.39, 0.29) is 5.91 Å². The highest BCUT2D eigenvalue weighted by atomic mass is 35.5. The van der Waals surface area contributed by atoms with Gasteiger partial charge >= 0.3 is 0 Å². The quantitative estimate of drug-likeness (QED) is 0.654. The number of carbonyl (C=O) groups excluding carboxylic acids is 1. The lowest BCUT2D eigenvalue weighted by Gasteiger charge is -2.35. The van der Waals surface area contributed by atoms with Gasteiger partial charge in [-0.15, -0.1) is 0 Å². The first-order valence-electron chi connectivity index (χ1n) is 9.86. The molecule has 2 saturated heterocycles. The van der Waals surface area contributed by atoms with E-state index in [4.69, 9.17) is 16.1 Å². The molecule has 0 N–H and O–H groups in total. The zero-order valence-electron chi connectivity index (χ0n) is 15.9. The van der Waals surface area contributed by atoms with Crippen LogP contribution in [0.25, 0.3) is 11.1 Å². The molecular formula is C20H21ClN6O2. The van der Waals surface area contributed by atoms with Gasteiger partial charge in [-0.1, -0.05) is 16.8 Å². The van der Waals surface area contributed by atoms with Crippen LogP contribution >= 0.6 is 11.6 Å². The Bertz CT molecular complexity index is 1020. The summed E-state index contributed by atoms with van der Waals surface area (Å²) in [6.45, 7) is 4.57. The van der Waals surface area contributed by atoms with Gasteiger partial charge in [-0.2, -0.15) is 4.98 Å². The molecule has 5 rings (SSSR count). The normalized spacial score (nSPS) is 17.3. The van der Waals surface area contributed by atoms with E-state index in [2.05, 4.69) is 24.9 Å². The summed E-state index contributed by atoms with van der Waals surface area (Å²) in [5.74, 6) is 0.617. The van der Waals surface area contributed by atoms with Gasteiger partial charge in [0, 0.05) is 50.0 Å². The largest absolute Gasteiger partial charge is 0.368 e. The molecule has 2 aromatic heterocycles. The molecule has 2 aliphatic rings. The highest BCUT2D eigenvalue weighted by Gasteiger charge is 2.30. The Morgan fingerprint density at radius 3 is 2.38 bits per heavy atom. The Kier molecular flexibility index (Phi) is 4.71. The molecule has 1 aromatic carbocycles. The number of fused-ring (bicyclic) bond motifs is 1. The second kappa shape index (κ2) is 7.51. The molecule has 1 amide bonds. The van der Waals surface area contributed by atoms with Crippen molar-refractivity contribution in [3.8, 4) is 0 Å². The maximum absolute atomic E-state index is 13.2. The number of hydrogen-bond donors (Lipinski definition) is 0. The molecule has 4 heterocycles. The molecule has 0 bridgehead atoms. The fourth-order valence-electron chi connectivity index (χ4n) is 4.06. The van der Waals surface area contributed by atoms with Crippen LogP contribution in [0.5, 0.6) is 0 Å². The summed E-state index contributed by atoms with van der Waals surface area (Å²) < 4.78 is 5.36. The van der Waals surface area contributed by atoms with Gasteiger partial charge in [0.05, 0.1) is 0 Å². The minimum atomic E-state index is -0.130. The Balaban J connectivity index is 1.36. The first-order valence-corrected chi connectivity index (χ1v) is 10.2. The monoisotopic (exact) mass is 412 g/mol. The summed E-state index contributed by atoms with van der Waals surface area (Å²) in [6, 6.07) is 7.78. The van der Waals surface area contributed by atoms with Crippen LogP contribution in [0.15, 0.2) is 35.1 Å². The average Bonchev–Trinajstić information content (AvgIpc) is 3.44. The van der Waals surface area contributed by atoms with Crippen LogP contribution in [0.1, 0.15) is 23.3 Å². The van der Waals surface area contributed by atoms with Gasteiger partial charge in [0.2, 0.25) is 0 Å². The highest BCUT2D eigenvalue weighted by molar-refractivity contribution is 6.30. The number of amides is 1. The van der Waals surface area contributed by atoms with Crippen molar-refractivity contribution in [2.75, 3.05) is 49.1 Å². The van der Waals surface area contributed by atoms with Gasteiger partial charge in [0.1, 0.15) is 17.5 Å². The molecule has 0 saturated carbocycles.